The van der Waals surface area contributed by atoms with Gasteiger partial charge >= 0.3 is 7.67 Å². The van der Waals surface area contributed by atoms with Gasteiger partial charge < -0.3 is 4.52 Å². The fraction of sp³-hybridized carbons (Fsp3) is 0.900. The number of rotatable bonds is 8. The van der Waals surface area contributed by atoms with E-state index in [9.17, 15) is 9.36 Å². The lowest BCUT2D eigenvalue weighted by Crippen LogP contribution is -2.33. The summed E-state index contributed by atoms with van der Waals surface area (Å²) < 4.78 is 17.7. The summed E-state index contributed by atoms with van der Waals surface area (Å²) in [6, 6.07) is 0.125. The number of thioether (sulfide) groups is 1. The van der Waals surface area contributed by atoms with Crippen molar-refractivity contribution < 1.29 is 13.9 Å². The summed E-state index contributed by atoms with van der Waals surface area (Å²) in [5, 5.41) is 5.85. The minimum atomic E-state index is -3.02. The van der Waals surface area contributed by atoms with E-state index < -0.39 is 7.67 Å². The normalized spacial score (nSPS) is 12.4. The molecule has 0 aromatic rings. The van der Waals surface area contributed by atoms with Crippen LogP contribution in [0, 0.1) is 0 Å². The van der Waals surface area contributed by atoms with Gasteiger partial charge in [-0.2, -0.15) is 0 Å². The number of nitrogens with one attached hydrogen (secondary N) is 2. The van der Waals surface area contributed by atoms with E-state index in [1.54, 1.807) is 0 Å². The van der Waals surface area contributed by atoms with E-state index in [0.29, 0.717) is 5.75 Å². The molecule has 0 bridgehead atoms. The van der Waals surface area contributed by atoms with Crippen LogP contribution < -0.4 is 10.2 Å². The Labute approximate surface area is 108 Å². The molecule has 0 amide bonds. The molecule has 0 fully saturated rings. The van der Waals surface area contributed by atoms with Crippen molar-refractivity contribution >= 4 is 24.5 Å². The monoisotopic (exact) mass is 282 g/mol. The van der Waals surface area contributed by atoms with E-state index in [4.69, 9.17) is 4.52 Å². The van der Waals surface area contributed by atoms with Gasteiger partial charge in [0.25, 0.3) is 0 Å². The van der Waals surface area contributed by atoms with Gasteiger partial charge in [-0.05, 0) is 27.7 Å². The Hall–Kier alpha value is 0.130. The van der Waals surface area contributed by atoms with Crippen LogP contribution in [0.25, 0.3) is 0 Å². The Morgan fingerprint density at radius 3 is 2.06 bits per heavy atom. The van der Waals surface area contributed by atoms with Crippen LogP contribution in [0.5, 0.6) is 0 Å². The summed E-state index contributed by atoms with van der Waals surface area (Å²) >= 11 is 1.17. The molecule has 0 aliphatic heterocycles. The molecule has 0 aliphatic carbocycles. The Balaban J connectivity index is 4.19. The van der Waals surface area contributed by atoms with Gasteiger partial charge in [0.05, 0.1) is 6.61 Å². The molecule has 0 spiro atoms. The van der Waals surface area contributed by atoms with Crippen molar-refractivity contribution in [1.82, 2.24) is 10.2 Å². The van der Waals surface area contributed by atoms with Gasteiger partial charge in [-0.1, -0.05) is 11.8 Å². The first-order chi connectivity index (χ1) is 7.75. The Bertz CT molecular complexity index is 271. The van der Waals surface area contributed by atoms with E-state index in [2.05, 4.69) is 10.2 Å². The molecule has 0 aliphatic rings. The van der Waals surface area contributed by atoms with Crippen molar-refractivity contribution in [2.24, 2.45) is 0 Å². The highest BCUT2D eigenvalue weighted by atomic mass is 32.2. The fourth-order valence-electron chi connectivity index (χ4n) is 1.14. The Morgan fingerprint density at radius 2 is 1.71 bits per heavy atom. The summed E-state index contributed by atoms with van der Waals surface area (Å²) in [7, 11) is -3.02. The van der Waals surface area contributed by atoms with Crippen LogP contribution >= 0.6 is 19.4 Å². The average molecular weight is 282 g/mol. The van der Waals surface area contributed by atoms with E-state index in [0.717, 1.165) is 0 Å². The molecule has 0 aromatic carbocycles. The molecule has 102 valence electrons. The van der Waals surface area contributed by atoms with Gasteiger partial charge in [-0.3, -0.25) is 9.36 Å². The highest BCUT2D eigenvalue weighted by Gasteiger charge is 2.24. The molecule has 7 heteroatoms. The molecule has 0 aromatic heterocycles. The van der Waals surface area contributed by atoms with Crippen LogP contribution in [0.15, 0.2) is 0 Å². The van der Waals surface area contributed by atoms with Crippen molar-refractivity contribution in [3.8, 4) is 0 Å². The summed E-state index contributed by atoms with van der Waals surface area (Å²) in [5.41, 5.74) is 0. The molecule has 17 heavy (non-hydrogen) atoms. The quantitative estimate of drug-likeness (QED) is 0.526. The third-order valence-corrected chi connectivity index (χ3v) is 4.55. The molecule has 0 atom stereocenters. The third-order valence-electron chi connectivity index (χ3n) is 1.52. The van der Waals surface area contributed by atoms with Crippen molar-refractivity contribution in [2.75, 3.05) is 12.4 Å². The largest absolute Gasteiger partial charge is 0.341 e. The summed E-state index contributed by atoms with van der Waals surface area (Å²) in [6.45, 7) is 9.40. The minimum absolute atomic E-state index is 0.0390. The predicted molar refractivity (Wildman–Crippen MR) is 73.2 cm³/mol. The maximum absolute atomic E-state index is 12.3. The van der Waals surface area contributed by atoms with Gasteiger partial charge in [0.15, 0.2) is 5.12 Å². The molecule has 0 saturated carbocycles. The second-order valence-corrected chi connectivity index (χ2v) is 7.44. The topological polar surface area (TPSA) is 67.4 Å². The first kappa shape index (κ1) is 17.1. The number of carbonyl (C=O) groups excluding carboxylic acids is 1. The first-order valence-electron chi connectivity index (χ1n) is 5.68. The van der Waals surface area contributed by atoms with Crippen LogP contribution in [0.3, 0.4) is 0 Å². The molecule has 5 nitrogen and oxygen atoms in total. The second kappa shape index (κ2) is 8.27. The predicted octanol–water partition coefficient (Wildman–Crippen LogP) is 2.39. The number of hydrogen-bond acceptors (Lipinski definition) is 4. The van der Waals surface area contributed by atoms with Gasteiger partial charge in [-0.15, -0.1) is 0 Å². The second-order valence-electron chi connectivity index (χ2n) is 4.29. The Morgan fingerprint density at radius 1 is 1.24 bits per heavy atom. The van der Waals surface area contributed by atoms with Crippen molar-refractivity contribution in [3.05, 3.63) is 0 Å². The number of hydrogen-bond donors (Lipinski definition) is 2. The Kier molecular flexibility index (Phi) is 8.33. The lowest BCUT2D eigenvalue weighted by Gasteiger charge is -2.24. The van der Waals surface area contributed by atoms with Crippen LogP contribution in [-0.2, 0) is 13.9 Å². The highest BCUT2D eigenvalue weighted by molar-refractivity contribution is 8.13. The van der Waals surface area contributed by atoms with Gasteiger partial charge in [-0.25, -0.2) is 10.2 Å². The third kappa shape index (κ3) is 9.80. The van der Waals surface area contributed by atoms with Crippen LogP contribution in [0.4, 0.5) is 0 Å². The molecule has 0 radical (unpaired) electrons. The maximum Gasteiger partial charge on any atom is 0.341 e. The molecule has 0 saturated heterocycles. The van der Waals surface area contributed by atoms with Crippen LogP contribution in [0.1, 0.15) is 34.6 Å². The molecular weight excluding hydrogens is 259 g/mol. The van der Waals surface area contributed by atoms with Crippen molar-refractivity contribution in [3.63, 3.8) is 0 Å². The highest BCUT2D eigenvalue weighted by Crippen LogP contribution is 2.38. The standard InChI is InChI=1S/C10H23N2O3PS/c1-8(2)11-16(14,12-9(3)4)15-6-7-17-10(5)13/h8-9H,6-7H2,1-5H3,(H2,11,12,14). The zero-order chi connectivity index (χ0) is 13.5. The van der Waals surface area contributed by atoms with E-state index >= 15 is 0 Å². The first-order valence-corrected chi connectivity index (χ1v) is 8.30. The lowest BCUT2D eigenvalue weighted by molar-refractivity contribution is -0.109. The molecule has 0 rings (SSSR count). The molecule has 2 N–H and O–H groups in total. The maximum atomic E-state index is 12.3. The van der Waals surface area contributed by atoms with Gasteiger partial charge in [0.2, 0.25) is 0 Å². The average Bonchev–Trinajstić information content (AvgIpc) is 2.09. The van der Waals surface area contributed by atoms with Crippen molar-refractivity contribution in [2.45, 2.75) is 46.7 Å². The lowest BCUT2D eigenvalue weighted by atomic mass is 10.4. The SMILES string of the molecule is CC(=O)SCCOP(=O)(NC(C)C)NC(C)C. The zero-order valence-electron chi connectivity index (χ0n) is 11.1. The van der Waals surface area contributed by atoms with E-state index in [1.165, 1.54) is 18.7 Å². The minimum Gasteiger partial charge on any atom is -0.305 e. The van der Waals surface area contributed by atoms with Crippen LogP contribution in [-0.4, -0.2) is 29.6 Å². The van der Waals surface area contributed by atoms with Gasteiger partial charge in [0, 0.05) is 24.8 Å². The summed E-state index contributed by atoms with van der Waals surface area (Å²) in [6.07, 6.45) is 0. The molecule has 0 heterocycles. The van der Waals surface area contributed by atoms with Gasteiger partial charge in [0.1, 0.15) is 0 Å². The summed E-state index contributed by atoms with van der Waals surface area (Å²) in [5.74, 6) is 0.513. The molecular formula is C10H23N2O3PS. The summed E-state index contributed by atoms with van der Waals surface area (Å²) in [4.78, 5) is 10.7. The number of carbonyl (C=O) groups is 1. The van der Waals surface area contributed by atoms with E-state index in [-0.39, 0.29) is 23.8 Å². The van der Waals surface area contributed by atoms with E-state index in [1.807, 2.05) is 27.7 Å². The van der Waals surface area contributed by atoms with Crippen LogP contribution in [0.2, 0.25) is 0 Å². The zero-order valence-corrected chi connectivity index (χ0v) is 12.9. The van der Waals surface area contributed by atoms with Crippen molar-refractivity contribution in [1.29, 1.82) is 0 Å². The smallest absolute Gasteiger partial charge is 0.305 e. The molecule has 0 unspecified atom stereocenters. The fourth-order valence-corrected chi connectivity index (χ4v) is 3.65.